The van der Waals surface area contributed by atoms with E-state index < -0.39 is 0 Å². The van der Waals surface area contributed by atoms with Gasteiger partial charge in [0, 0.05) is 18.6 Å². The van der Waals surface area contributed by atoms with E-state index >= 15 is 0 Å². The van der Waals surface area contributed by atoms with Crippen molar-refractivity contribution >= 4 is 0 Å². The van der Waals surface area contributed by atoms with Gasteiger partial charge in [0.05, 0.1) is 6.10 Å². The molecule has 0 spiro atoms. The van der Waals surface area contributed by atoms with Gasteiger partial charge in [0.2, 0.25) is 0 Å². The van der Waals surface area contributed by atoms with E-state index in [1.807, 2.05) is 0 Å². The Morgan fingerprint density at radius 2 is 2.22 bits per heavy atom. The topological polar surface area (TPSA) is 35.2 Å². The van der Waals surface area contributed by atoms with Crippen LogP contribution in [0.2, 0.25) is 0 Å². The molecule has 0 amide bonds. The minimum absolute atomic E-state index is 0.189. The van der Waals surface area contributed by atoms with Crippen LogP contribution in [0.25, 0.3) is 0 Å². The maximum atomic E-state index is 6.13. The van der Waals surface area contributed by atoms with Gasteiger partial charge >= 0.3 is 0 Å². The van der Waals surface area contributed by atoms with Gasteiger partial charge in [0.15, 0.2) is 0 Å². The molecule has 1 aromatic carbocycles. The monoisotopic (exact) mass is 245 g/mol. The molecule has 18 heavy (non-hydrogen) atoms. The molecule has 0 bridgehead atoms. The third kappa shape index (κ3) is 2.19. The van der Waals surface area contributed by atoms with Crippen LogP contribution in [0.15, 0.2) is 24.3 Å². The lowest BCUT2D eigenvalue weighted by Gasteiger charge is -2.33. The Morgan fingerprint density at radius 1 is 1.39 bits per heavy atom. The molecular formula is C16H23NO. The third-order valence-corrected chi connectivity index (χ3v) is 4.60. The van der Waals surface area contributed by atoms with Gasteiger partial charge in [-0.25, -0.2) is 0 Å². The molecular weight excluding hydrogens is 222 g/mol. The van der Waals surface area contributed by atoms with Crippen molar-refractivity contribution in [3.8, 4) is 0 Å². The lowest BCUT2D eigenvalue weighted by molar-refractivity contribution is 0.0345. The Kier molecular flexibility index (Phi) is 3.16. The highest BCUT2D eigenvalue weighted by molar-refractivity contribution is 5.24. The Balaban J connectivity index is 1.82. The molecule has 2 atom stereocenters. The number of benzene rings is 1. The summed E-state index contributed by atoms with van der Waals surface area (Å²) in [5.41, 5.74) is 9.07. The van der Waals surface area contributed by atoms with Crippen LogP contribution in [0.1, 0.15) is 30.4 Å². The van der Waals surface area contributed by atoms with Crippen LogP contribution in [0.3, 0.4) is 0 Å². The van der Waals surface area contributed by atoms with Crippen LogP contribution in [-0.2, 0) is 11.2 Å². The zero-order valence-corrected chi connectivity index (χ0v) is 11.2. The van der Waals surface area contributed by atoms with Gasteiger partial charge < -0.3 is 10.5 Å². The molecule has 1 saturated carbocycles. The summed E-state index contributed by atoms with van der Waals surface area (Å²) in [7, 11) is 0. The molecule has 2 heteroatoms. The van der Waals surface area contributed by atoms with Crippen molar-refractivity contribution in [1.82, 2.24) is 0 Å². The quantitative estimate of drug-likeness (QED) is 0.885. The van der Waals surface area contributed by atoms with E-state index in [1.165, 1.54) is 24.0 Å². The number of nitrogens with two attached hydrogens (primary N) is 1. The average molecular weight is 245 g/mol. The lowest BCUT2D eigenvalue weighted by Crippen LogP contribution is -2.41. The minimum atomic E-state index is 0.189. The van der Waals surface area contributed by atoms with E-state index in [0.717, 1.165) is 31.9 Å². The van der Waals surface area contributed by atoms with Crippen LogP contribution in [-0.4, -0.2) is 19.3 Å². The largest absolute Gasteiger partial charge is 0.377 e. The Hall–Kier alpha value is -0.860. The van der Waals surface area contributed by atoms with Crippen LogP contribution in [0.5, 0.6) is 0 Å². The molecule has 2 unspecified atom stereocenters. The summed E-state index contributed by atoms with van der Waals surface area (Å²) >= 11 is 0. The third-order valence-electron chi connectivity index (χ3n) is 4.60. The molecule has 1 heterocycles. The first-order valence-corrected chi connectivity index (χ1v) is 7.11. The summed E-state index contributed by atoms with van der Waals surface area (Å²) in [5, 5.41) is 0. The Labute approximate surface area is 110 Å². The summed E-state index contributed by atoms with van der Waals surface area (Å²) in [6.07, 6.45) is 5.27. The molecule has 1 aliphatic heterocycles. The predicted octanol–water partition coefficient (Wildman–Crippen LogP) is 2.68. The summed E-state index contributed by atoms with van der Waals surface area (Å²) in [6, 6.07) is 8.82. The first kappa shape index (κ1) is 12.2. The van der Waals surface area contributed by atoms with Crippen molar-refractivity contribution in [2.45, 2.75) is 38.7 Å². The predicted molar refractivity (Wildman–Crippen MR) is 73.5 cm³/mol. The van der Waals surface area contributed by atoms with Gasteiger partial charge in [0.1, 0.15) is 0 Å². The summed E-state index contributed by atoms with van der Waals surface area (Å²) < 4.78 is 6.01. The van der Waals surface area contributed by atoms with Gasteiger partial charge in [-0.2, -0.15) is 0 Å². The molecule has 2 nitrogen and oxygen atoms in total. The van der Waals surface area contributed by atoms with Crippen molar-refractivity contribution in [1.29, 1.82) is 0 Å². The van der Waals surface area contributed by atoms with Gasteiger partial charge in [-0.05, 0) is 44.1 Å². The standard InChI is InChI=1S/C16H23NO/c1-12-3-2-4-13(9-12)10-16(11-17)7-8-18-15(16)14-5-6-14/h2-4,9,14-15H,5-8,10-11,17H2,1H3. The van der Waals surface area contributed by atoms with Crippen LogP contribution in [0, 0.1) is 18.3 Å². The van der Waals surface area contributed by atoms with E-state index in [2.05, 4.69) is 31.2 Å². The van der Waals surface area contributed by atoms with Crippen molar-refractivity contribution < 1.29 is 4.74 Å². The van der Waals surface area contributed by atoms with Crippen molar-refractivity contribution in [3.05, 3.63) is 35.4 Å². The average Bonchev–Trinajstić information content (AvgIpc) is 3.12. The second-order valence-corrected chi connectivity index (χ2v) is 6.11. The fourth-order valence-electron chi connectivity index (χ4n) is 3.45. The van der Waals surface area contributed by atoms with Crippen LogP contribution in [0.4, 0.5) is 0 Å². The highest BCUT2D eigenvalue weighted by Gasteiger charge is 2.49. The molecule has 1 aromatic rings. The first-order valence-electron chi connectivity index (χ1n) is 7.11. The molecule has 0 aromatic heterocycles. The van der Waals surface area contributed by atoms with Crippen molar-refractivity contribution in [2.24, 2.45) is 17.1 Å². The lowest BCUT2D eigenvalue weighted by atomic mass is 9.74. The van der Waals surface area contributed by atoms with E-state index in [0.29, 0.717) is 6.10 Å². The minimum Gasteiger partial charge on any atom is -0.377 e. The van der Waals surface area contributed by atoms with E-state index in [1.54, 1.807) is 0 Å². The van der Waals surface area contributed by atoms with Gasteiger partial charge in [-0.3, -0.25) is 0 Å². The van der Waals surface area contributed by atoms with E-state index in [4.69, 9.17) is 10.5 Å². The number of hydrogen-bond donors (Lipinski definition) is 1. The molecule has 3 rings (SSSR count). The van der Waals surface area contributed by atoms with Crippen molar-refractivity contribution in [2.75, 3.05) is 13.2 Å². The Morgan fingerprint density at radius 3 is 2.89 bits per heavy atom. The molecule has 98 valence electrons. The Bertz CT molecular complexity index is 427. The molecule has 2 aliphatic rings. The normalized spacial score (nSPS) is 31.8. The molecule has 2 fully saturated rings. The van der Waals surface area contributed by atoms with E-state index in [9.17, 15) is 0 Å². The number of hydrogen-bond acceptors (Lipinski definition) is 2. The second kappa shape index (κ2) is 4.67. The SMILES string of the molecule is Cc1cccc(CC2(CN)CCOC2C2CC2)c1. The highest BCUT2D eigenvalue weighted by Crippen LogP contribution is 2.48. The molecule has 0 radical (unpaired) electrons. The van der Waals surface area contributed by atoms with Gasteiger partial charge in [-0.15, -0.1) is 0 Å². The fourth-order valence-corrected chi connectivity index (χ4v) is 3.45. The number of aryl methyl sites for hydroxylation is 1. The van der Waals surface area contributed by atoms with Crippen LogP contribution < -0.4 is 5.73 Å². The van der Waals surface area contributed by atoms with Gasteiger partial charge in [-0.1, -0.05) is 29.8 Å². The number of rotatable bonds is 4. The maximum Gasteiger partial charge on any atom is 0.0675 e. The first-order chi connectivity index (χ1) is 8.73. The van der Waals surface area contributed by atoms with Gasteiger partial charge in [0.25, 0.3) is 0 Å². The fraction of sp³-hybridized carbons (Fsp3) is 0.625. The smallest absolute Gasteiger partial charge is 0.0675 e. The summed E-state index contributed by atoms with van der Waals surface area (Å²) in [5.74, 6) is 0.779. The molecule has 1 aliphatic carbocycles. The zero-order valence-electron chi connectivity index (χ0n) is 11.2. The summed E-state index contributed by atoms with van der Waals surface area (Å²) in [4.78, 5) is 0. The van der Waals surface area contributed by atoms with E-state index in [-0.39, 0.29) is 5.41 Å². The number of ether oxygens (including phenoxy) is 1. The van der Waals surface area contributed by atoms with Crippen molar-refractivity contribution in [3.63, 3.8) is 0 Å². The molecule has 1 saturated heterocycles. The second-order valence-electron chi connectivity index (χ2n) is 6.11. The highest BCUT2D eigenvalue weighted by atomic mass is 16.5. The van der Waals surface area contributed by atoms with Crippen LogP contribution >= 0.6 is 0 Å². The molecule has 2 N–H and O–H groups in total. The summed E-state index contributed by atoms with van der Waals surface area (Å²) in [6.45, 7) is 3.80. The zero-order chi connectivity index (χ0) is 12.6. The maximum absolute atomic E-state index is 6.13.